The second-order valence-corrected chi connectivity index (χ2v) is 8.99. The summed E-state index contributed by atoms with van der Waals surface area (Å²) in [5.41, 5.74) is 1.64. The molecule has 3 aliphatic heterocycles. The van der Waals surface area contributed by atoms with Crippen LogP contribution in [0.15, 0.2) is 54.6 Å². The van der Waals surface area contributed by atoms with E-state index in [9.17, 15) is 14.0 Å². The highest BCUT2D eigenvalue weighted by Crippen LogP contribution is 2.42. The Kier molecular flexibility index (Phi) is 5.05. The molecule has 0 aliphatic carbocycles. The van der Waals surface area contributed by atoms with Gasteiger partial charge in [0.05, 0.1) is 0 Å². The SMILES string of the molecule is O=C(c1ccccc1)N1C[C@H]2C[C@@H](C1)[C@H](Cc1cccc(F)c1)N1C(=O)CCC[C@@H]21. The Morgan fingerprint density at radius 3 is 2.63 bits per heavy atom. The molecule has 2 amide bonds. The van der Waals surface area contributed by atoms with Crippen molar-refractivity contribution in [2.75, 3.05) is 13.1 Å². The van der Waals surface area contributed by atoms with Gasteiger partial charge in [-0.15, -0.1) is 0 Å². The second-order valence-electron chi connectivity index (χ2n) is 8.99. The molecule has 2 bridgehead atoms. The molecule has 156 valence electrons. The van der Waals surface area contributed by atoms with Crippen molar-refractivity contribution in [3.05, 3.63) is 71.5 Å². The molecule has 0 unspecified atom stereocenters. The number of rotatable bonds is 3. The minimum absolute atomic E-state index is 0.0206. The number of fused-ring (bicyclic) bond motifs is 4. The summed E-state index contributed by atoms with van der Waals surface area (Å²) < 4.78 is 13.8. The Morgan fingerprint density at radius 2 is 1.83 bits per heavy atom. The van der Waals surface area contributed by atoms with Gasteiger partial charge in [-0.3, -0.25) is 9.59 Å². The Bertz CT molecular complexity index is 947. The number of carbonyl (C=O) groups excluding carboxylic acids is 2. The van der Waals surface area contributed by atoms with Crippen LogP contribution in [-0.2, 0) is 11.2 Å². The quantitative estimate of drug-likeness (QED) is 0.776. The van der Waals surface area contributed by atoms with Gasteiger partial charge in [0.1, 0.15) is 5.82 Å². The van der Waals surface area contributed by atoms with Gasteiger partial charge >= 0.3 is 0 Å². The zero-order valence-electron chi connectivity index (χ0n) is 17.0. The predicted molar refractivity (Wildman–Crippen MR) is 112 cm³/mol. The molecule has 30 heavy (non-hydrogen) atoms. The van der Waals surface area contributed by atoms with E-state index in [-0.39, 0.29) is 35.6 Å². The number of likely N-dealkylation sites (tertiary alicyclic amines) is 1. The molecule has 0 aromatic heterocycles. The van der Waals surface area contributed by atoms with Crippen LogP contribution in [0.2, 0.25) is 0 Å². The van der Waals surface area contributed by atoms with Gasteiger partial charge in [-0.2, -0.15) is 0 Å². The van der Waals surface area contributed by atoms with Gasteiger partial charge in [0.25, 0.3) is 5.91 Å². The number of amides is 2. The maximum atomic E-state index is 13.8. The minimum Gasteiger partial charge on any atom is -0.338 e. The fourth-order valence-corrected chi connectivity index (χ4v) is 5.87. The first-order chi connectivity index (χ1) is 14.6. The molecule has 5 rings (SSSR count). The van der Waals surface area contributed by atoms with Crippen LogP contribution >= 0.6 is 0 Å². The number of benzene rings is 2. The number of nitrogens with zero attached hydrogens (tertiary/aromatic N) is 2. The molecule has 0 N–H and O–H groups in total. The number of hydrogen-bond acceptors (Lipinski definition) is 2. The fourth-order valence-electron chi connectivity index (χ4n) is 5.87. The summed E-state index contributed by atoms with van der Waals surface area (Å²) >= 11 is 0. The molecule has 3 fully saturated rings. The molecule has 0 radical (unpaired) electrons. The fraction of sp³-hybridized carbons (Fsp3) is 0.440. The lowest BCUT2D eigenvalue weighted by molar-refractivity contribution is -0.151. The topological polar surface area (TPSA) is 40.6 Å². The lowest BCUT2D eigenvalue weighted by atomic mass is 9.70. The molecule has 3 saturated heterocycles. The summed E-state index contributed by atoms with van der Waals surface area (Å²) in [4.78, 5) is 30.2. The van der Waals surface area contributed by atoms with E-state index < -0.39 is 0 Å². The molecule has 3 heterocycles. The van der Waals surface area contributed by atoms with Crippen LogP contribution in [0, 0.1) is 17.7 Å². The molecule has 4 nitrogen and oxygen atoms in total. The van der Waals surface area contributed by atoms with Crippen LogP contribution in [-0.4, -0.2) is 46.8 Å². The summed E-state index contributed by atoms with van der Waals surface area (Å²) in [6.45, 7) is 1.37. The highest BCUT2D eigenvalue weighted by molar-refractivity contribution is 5.94. The standard InChI is InChI=1S/C25H27FN2O2/c26-21-9-4-6-17(12-21)13-23-20-14-19(22-10-5-11-24(29)28(22)23)15-27(16-20)25(30)18-7-2-1-3-8-18/h1-4,6-9,12,19-20,22-23H,5,10-11,13-16H2/t19-,20+,22+,23+/m1/s1. The van der Waals surface area contributed by atoms with Crippen molar-refractivity contribution >= 4 is 11.8 Å². The van der Waals surface area contributed by atoms with Gasteiger partial charge in [0.15, 0.2) is 0 Å². The molecule has 0 spiro atoms. The van der Waals surface area contributed by atoms with Crippen molar-refractivity contribution in [2.24, 2.45) is 11.8 Å². The van der Waals surface area contributed by atoms with E-state index in [1.54, 1.807) is 12.1 Å². The normalized spacial score (nSPS) is 28.2. The lowest BCUT2D eigenvalue weighted by Crippen LogP contribution is -2.66. The Balaban J connectivity index is 1.45. The Hall–Kier alpha value is -2.69. The third-order valence-corrected chi connectivity index (χ3v) is 7.14. The predicted octanol–water partition coefficient (Wildman–Crippen LogP) is 3.91. The highest BCUT2D eigenvalue weighted by Gasteiger charge is 2.49. The van der Waals surface area contributed by atoms with Gasteiger partial charge in [-0.1, -0.05) is 30.3 Å². The zero-order chi connectivity index (χ0) is 20.7. The molecule has 2 aromatic rings. The van der Waals surface area contributed by atoms with E-state index in [1.807, 2.05) is 41.3 Å². The largest absolute Gasteiger partial charge is 0.338 e. The van der Waals surface area contributed by atoms with Crippen molar-refractivity contribution in [2.45, 2.75) is 44.2 Å². The second kappa shape index (κ2) is 7.86. The maximum absolute atomic E-state index is 13.8. The van der Waals surface area contributed by atoms with Crippen molar-refractivity contribution in [1.82, 2.24) is 9.80 Å². The molecular weight excluding hydrogens is 379 g/mol. The molecule has 2 aromatic carbocycles. The number of piperidine rings is 3. The summed E-state index contributed by atoms with van der Waals surface area (Å²) in [7, 11) is 0. The van der Waals surface area contributed by atoms with Crippen molar-refractivity contribution in [3.8, 4) is 0 Å². The van der Waals surface area contributed by atoms with E-state index in [0.29, 0.717) is 31.8 Å². The zero-order valence-corrected chi connectivity index (χ0v) is 17.0. The van der Waals surface area contributed by atoms with E-state index in [4.69, 9.17) is 0 Å². The van der Waals surface area contributed by atoms with E-state index in [2.05, 4.69) is 4.90 Å². The van der Waals surface area contributed by atoms with Crippen molar-refractivity contribution in [3.63, 3.8) is 0 Å². The Morgan fingerprint density at radius 1 is 1.03 bits per heavy atom. The first kappa shape index (κ1) is 19.3. The first-order valence-electron chi connectivity index (χ1n) is 11.0. The maximum Gasteiger partial charge on any atom is 0.253 e. The molecule has 0 saturated carbocycles. The average molecular weight is 407 g/mol. The molecular formula is C25H27FN2O2. The molecule has 4 atom stereocenters. The first-order valence-corrected chi connectivity index (χ1v) is 11.0. The van der Waals surface area contributed by atoms with E-state index in [0.717, 1.165) is 30.4 Å². The van der Waals surface area contributed by atoms with Crippen molar-refractivity contribution in [1.29, 1.82) is 0 Å². The lowest BCUT2D eigenvalue weighted by Gasteiger charge is -2.56. The number of halogens is 1. The molecule has 3 aliphatic rings. The van der Waals surface area contributed by atoms with Crippen LogP contribution in [0.4, 0.5) is 4.39 Å². The van der Waals surface area contributed by atoms with Gasteiger partial charge in [-0.05, 0) is 67.3 Å². The van der Waals surface area contributed by atoms with Crippen LogP contribution in [0.3, 0.4) is 0 Å². The monoisotopic (exact) mass is 406 g/mol. The Labute approximate surface area is 176 Å². The summed E-state index contributed by atoms with van der Waals surface area (Å²) in [5, 5.41) is 0. The van der Waals surface area contributed by atoms with Gasteiger partial charge in [0.2, 0.25) is 5.91 Å². The van der Waals surface area contributed by atoms with Crippen LogP contribution in [0.1, 0.15) is 41.6 Å². The van der Waals surface area contributed by atoms with Crippen LogP contribution in [0.5, 0.6) is 0 Å². The third-order valence-electron chi connectivity index (χ3n) is 7.14. The van der Waals surface area contributed by atoms with Crippen molar-refractivity contribution < 1.29 is 14.0 Å². The van der Waals surface area contributed by atoms with E-state index in [1.165, 1.54) is 6.07 Å². The van der Waals surface area contributed by atoms with Crippen LogP contribution in [0.25, 0.3) is 0 Å². The van der Waals surface area contributed by atoms with Gasteiger partial charge in [-0.25, -0.2) is 4.39 Å². The third kappa shape index (κ3) is 3.51. The number of hydrogen-bond donors (Lipinski definition) is 0. The van der Waals surface area contributed by atoms with Crippen LogP contribution < -0.4 is 0 Å². The summed E-state index contributed by atoms with van der Waals surface area (Å²) in [6.07, 6.45) is 4.19. The minimum atomic E-state index is -0.243. The average Bonchev–Trinajstić information content (AvgIpc) is 2.77. The smallest absolute Gasteiger partial charge is 0.253 e. The van der Waals surface area contributed by atoms with Gasteiger partial charge in [0, 0.05) is 37.2 Å². The summed E-state index contributed by atoms with van der Waals surface area (Å²) in [6, 6.07) is 16.4. The molecule has 5 heteroatoms. The summed E-state index contributed by atoms with van der Waals surface area (Å²) in [5.74, 6) is 0.602. The number of carbonyl (C=O) groups is 2. The van der Waals surface area contributed by atoms with E-state index >= 15 is 0 Å². The highest BCUT2D eigenvalue weighted by atomic mass is 19.1. The van der Waals surface area contributed by atoms with Gasteiger partial charge < -0.3 is 9.80 Å².